The molecule has 0 spiro atoms. The summed E-state index contributed by atoms with van der Waals surface area (Å²) in [5.74, 6) is -0.864. The molecule has 1 aromatic rings. The molecule has 0 radical (unpaired) electrons. The van der Waals surface area contributed by atoms with E-state index in [1.165, 1.54) is 4.42 Å². The summed E-state index contributed by atoms with van der Waals surface area (Å²) in [5, 5.41) is 8.63. The Morgan fingerprint density at radius 3 is 1.80 bits per heavy atom. The highest BCUT2D eigenvalue weighted by molar-refractivity contribution is 6.12. The van der Waals surface area contributed by atoms with Crippen molar-refractivity contribution in [3.05, 3.63) is 34.9 Å². The summed E-state index contributed by atoms with van der Waals surface area (Å²) in [6.45, 7) is 3.78. The van der Waals surface area contributed by atoms with Gasteiger partial charge < -0.3 is 5.11 Å². The molecule has 0 saturated heterocycles. The predicted octanol–water partition coefficient (Wildman–Crippen LogP) is 2.70. The van der Waals surface area contributed by atoms with Crippen LogP contribution in [-0.2, 0) is 0 Å². The zero-order valence-corrected chi connectivity index (χ0v) is 10.2. The summed E-state index contributed by atoms with van der Waals surface area (Å²) >= 11 is 5.11. The van der Waals surface area contributed by atoms with E-state index in [0.29, 0.717) is 5.56 Å². The monoisotopic (exact) mass is 229 g/mol. The quantitative estimate of drug-likeness (QED) is 0.753. The van der Waals surface area contributed by atoms with Gasteiger partial charge in [-0.15, -0.1) is 0 Å². The van der Waals surface area contributed by atoms with Crippen molar-refractivity contribution in [2.24, 2.45) is 0 Å². The van der Waals surface area contributed by atoms with Gasteiger partial charge in [-0.25, -0.2) is 9.21 Å². The van der Waals surface area contributed by atoms with E-state index in [1.807, 2.05) is 19.9 Å². The number of rotatable bonds is 1. The summed E-state index contributed by atoms with van der Waals surface area (Å²) < 4.78 is 1.47. The van der Waals surface area contributed by atoms with Crippen molar-refractivity contribution in [1.29, 1.82) is 0 Å². The fourth-order valence-electron chi connectivity index (χ4n) is 1.10. The Morgan fingerprint density at radius 2 is 1.53 bits per heavy atom. The van der Waals surface area contributed by atoms with Gasteiger partial charge in [0.15, 0.2) is 0 Å². The van der Waals surface area contributed by atoms with E-state index in [9.17, 15) is 4.79 Å². The van der Waals surface area contributed by atoms with Gasteiger partial charge in [-0.05, 0) is 37.8 Å². The number of hydrogen-bond donors (Lipinski definition) is 1. The van der Waals surface area contributed by atoms with Crippen LogP contribution in [0, 0.1) is 13.8 Å². The molecule has 0 fully saturated rings. The third kappa shape index (κ3) is 6.94. The summed E-state index contributed by atoms with van der Waals surface area (Å²) in [6.07, 6.45) is 0. The van der Waals surface area contributed by atoms with E-state index in [1.54, 1.807) is 26.2 Å². The third-order valence-corrected chi connectivity index (χ3v) is 1.47. The standard InChI is InChI=1S/C9H10O2.C2H6ClN/c1-6-3-7(2)5-8(4-6)9(10)11;1-4(2)3/h3-5H,1-2H3,(H,10,11);1-2H3. The van der Waals surface area contributed by atoms with Gasteiger partial charge >= 0.3 is 5.97 Å². The number of aromatic carboxylic acids is 1. The van der Waals surface area contributed by atoms with Crippen LogP contribution in [0.15, 0.2) is 18.2 Å². The lowest BCUT2D eigenvalue weighted by Crippen LogP contribution is -1.96. The van der Waals surface area contributed by atoms with Crippen molar-refractivity contribution in [3.8, 4) is 0 Å². The van der Waals surface area contributed by atoms with Crippen LogP contribution in [0.5, 0.6) is 0 Å². The van der Waals surface area contributed by atoms with Gasteiger partial charge in [-0.3, -0.25) is 0 Å². The Balaban J connectivity index is 0.000000423. The summed E-state index contributed by atoms with van der Waals surface area (Å²) in [4.78, 5) is 10.5. The Labute approximate surface area is 95.4 Å². The highest BCUT2D eigenvalue weighted by atomic mass is 35.5. The van der Waals surface area contributed by atoms with E-state index in [-0.39, 0.29) is 0 Å². The van der Waals surface area contributed by atoms with Crippen LogP contribution in [0.2, 0.25) is 0 Å². The molecule has 1 N–H and O–H groups in total. The molecule has 0 aliphatic carbocycles. The second kappa shape index (κ2) is 6.43. The van der Waals surface area contributed by atoms with Gasteiger partial charge in [0.1, 0.15) is 0 Å². The zero-order chi connectivity index (χ0) is 12.0. The average Bonchev–Trinajstić information content (AvgIpc) is 2.00. The van der Waals surface area contributed by atoms with E-state index in [4.69, 9.17) is 16.9 Å². The third-order valence-electron chi connectivity index (χ3n) is 1.47. The van der Waals surface area contributed by atoms with Gasteiger partial charge in [-0.1, -0.05) is 17.2 Å². The molecule has 3 nitrogen and oxygen atoms in total. The molecule has 0 aliphatic rings. The maximum Gasteiger partial charge on any atom is 0.335 e. The number of carboxylic acids is 1. The second-order valence-corrected chi connectivity index (χ2v) is 4.14. The summed E-state index contributed by atoms with van der Waals surface area (Å²) in [6, 6.07) is 5.27. The number of nitrogens with zero attached hydrogens (tertiary/aromatic N) is 1. The molecule has 0 aliphatic heterocycles. The second-order valence-electron chi connectivity index (χ2n) is 3.47. The maximum atomic E-state index is 10.5. The lowest BCUT2D eigenvalue weighted by Gasteiger charge is -1.98. The van der Waals surface area contributed by atoms with Crippen molar-refractivity contribution >= 4 is 17.7 Å². The molecule has 0 amide bonds. The molecular weight excluding hydrogens is 214 g/mol. The van der Waals surface area contributed by atoms with Crippen LogP contribution < -0.4 is 0 Å². The van der Waals surface area contributed by atoms with Crippen molar-refractivity contribution in [3.63, 3.8) is 0 Å². The number of halogens is 1. The fraction of sp³-hybridized carbons (Fsp3) is 0.364. The average molecular weight is 230 g/mol. The lowest BCUT2D eigenvalue weighted by molar-refractivity contribution is 0.0696. The smallest absolute Gasteiger partial charge is 0.335 e. The predicted molar refractivity (Wildman–Crippen MR) is 62.4 cm³/mol. The highest BCUT2D eigenvalue weighted by Crippen LogP contribution is 2.08. The Hall–Kier alpha value is -1.06. The minimum absolute atomic E-state index is 0.363. The molecule has 0 aromatic heterocycles. The minimum atomic E-state index is -0.864. The number of carbonyl (C=O) groups is 1. The molecule has 1 aromatic carbocycles. The molecular formula is C11H16ClNO2. The normalized spacial score (nSPS) is 9.47. The van der Waals surface area contributed by atoms with E-state index in [2.05, 4.69) is 0 Å². The van der Waals surface area contributed by atoms with Gasteiger partial charge in [-0.2, -0.15) is 0 Å². The van der Waals surface area contributed by atoms with Gasteiger partial charge in [0.25, 0.3) is 0 Å². The van der Waals surface area contributed by atoms with Crippen molar-refractivity contribution in [2.45, 2.75) is 13.8 Å². The molecule has 0 bridgehead atoms. The Morgan fingerprint density at radius 1 is 1.20 bits per heavy atom. The van der Waals surface area contributed by atoms with E-state index < -0.39 is 5.97 Å². The molecule has 0 atom stereocenters. The number of aryl methyl sites for hydroxylation is 2. The van der Waals surface area contributed by atoms with Crippen molar-refractivity contribution in [1.82, 2.24) is 4.42 Å². The molecule has 1 rings (SSSR count). The lowest BCUT2D eigenvalue weighted by atomic mass is 10.1. The first kappa shape index (κ1) is 13.9. The first-order chi connectivity index (χ1) is 6.82. The van der Waals surface area contributed by atoms with Gasteiger partial charge in [0.05, 0.1) is 5.56 Å². The van der Waals surface area contributed by atoms with Gasteiger partial charge in [0, 0.05) is 14.1 Å². The number of carboxylic acid groups (broad SMARTS) is 1. The molecule has 0 saturated carbocycles. The number of hydrogen-bond acceptors (Lipinski definition) is 2. The first-order valence-electron chi connectivity index (χ1n) is 4.47. The highest BCUT2D eigenvalue weighted by Gasteiger charge is 2.02. The van der Waals surface area contributed by atoms with Crippen LogP contribution in [-0.4, -0.2) is 29.6 Å². The number of benzene rings is 1. The van der Waals surface area contributed by atoms with Crippen LogP contribution in [0.1, 0.15) is 21.5 Å². The molecule has 0 heterocycles. The van der Waals surface area contributed by atoms with Crippen molar-refractivity contribution < 1.29 is 9.90 Å². The Kier molecular flexibility index (Phi) is 5.97. The fourth-order valence-corrected chi connectivity index (χ4v) is 1.10. The van der Waals surface area contributed by atoms with Crippen LogP contribution in [0.4, 0.5) is 0 Å². The zero-order valence-electron chi connectivity index (χ0n) is 9.41. The summed E-state index contributed by atoms with van der Waals surface area (Å²) in [7, 11) is 3.53. The SMILES string of the molecule is CN(C)Cl.Cc1cc(C)cc(C(=O)O)c1. The minimum Gasteiger partial charge on any atom is -0.478 e. The van der Waals surface area contributed by atoms with E-state index in [0.717, 1.165) is 11.1 Å². The maximum absolute atomic E-state index is 10.5. The van der Waals surface area contributed by atoms with Crippen LogP contribution in [0.25, 0.3) is 0 Å². The van der Waals surface area contributed by atoms with Crippen LogP contribution in [0.3, 0.4) is 0 Å². The molecule has 0 unspecified atom stereocenters. The molecule has 15 heavy (non-hydrogen) atoms. The van der Waals surface area contributed by atoms with Crippen LogP contribution >= 0.6 is 11.8 Å². The molecule has 4 heteroatoms. The topological polar surface area (TPSA) is 40.5 Å². The first-order valence-corrected chi connectivity index (χ1v) is 4.81. The van der Waals surface area contributed by atoms with E-state index >= 15 is 0 Å². The summed E-state index contributed by atoms with van der Waals surface area (Å²) in [5.41, 5.74) is 2.34. The molecule has 84 valence electrons. The Bertz CT molecular complexity index is 314. The largest absolute Gasteiger partial charge is 0.478 e. The van der Waals surface area contributed by atoms with Gasteiger partial charge in [0.2, 0.25) is 0 Å². The van der Waals surface area contributed by atoms with Crippen molar-refractivity contribution in [2.75, 3.05) is 14.1 Å².